The van der Waals surface area contributed by atoms with Gasteiger partial charge in [0, 0.05) is 5.69 Å². The Morgan fingerprint density at radius 3 is 2.54 bits per heavy atom. The predicted octanol–water partition coefficient (Wildman–Crippen LogP) is 6.43. The molecule has 0 radical (unpaired) electrons. The molecule has 6 nitrogen and oxygen atoms in total. The van der Waals surface area contributed by atoms with Crippen LogP contribution in [0.15, 0.2) is 71.6 Å². The van der Waals surface area contributed by atoms with E-state index in [4.69, 9.17) is 44.9 Å². The molecule has 0 spiro atoms. The van der Waals surface area contributed by atoms with Gasteiger partial charge < -0.3 is 14.8 Å². The molecule has 0 saturated carbocycles. The minimum atomic E-state index is -0.298. The number of nitrogens with zero attached hydrogens (tertiary/aromatic N) is 1. The number of thiocarbonyl (C=S) groups is 1. The maximum absolute atomic E-state index is 13.0. The Balaban J connectivity index is 1.47. The highest BCUT2D eigenvalue weighted by atomic mass is 35.5. The van der Waals surface area contributed by atoms with Gasteiger partial charge in [-0.15, -0.1) is 0 Å². The van der Waals surface area contributed by atoms with Crippen molar-refractivity contribution in [1.82, 2.24) is 0 Å². The molecule has 1 N–H and O–H groups in total. The molecule has 35 heavy (non-hydrogen) atoms. The van der Waals surface area contributed by atoms with Crippen molar-refractivity contribution < 1.29 is 19.1 Å². The zero-order valence-corrected chi connectivity index (χ0v) is 21.4. The van der Waals surface area contributed by atoms with Crippen LogP contribution in [-0.2, 0) is 9.59 Å². The van der Waals surface area contributed by atoms with Gasteiger partial charge in [0.15, 0.2) is 22.4 Å². The lowest BCUT2D eigenvalue weighted by Crippen LogP contribution is -2.27. The first kappa shape index (κ1) is 25.1. The fourth-order valence-corrected chi connectivity index (χ4v) is 4.81. The average Bonchev–Trinajstić information content (AvgIpc) is 3.13. The summed E-state index contributed by atoms with van der Waals surface area (Å²) in [5.74, 6) is 0.256. The van der Waals surface area contributed by atoms with Crippen LogP contribution in [0.5, 0.6) is 11.5 Å². The first-order valence-electron chi connectivity index (χ1n) is 10.2. The van der Waals surface area contributed by atoms with Crippen LogP contribution in [-0.4, -0.2) is 29.9 Å². The normalized spacial score (nSPS) is 14.4. The van der Waals surface area contributed by atoms with Crippen molar-refractivity contribution in [2.75, 3.05) is 23.9 Å². The standard InChI is InChI=1S/C25H18Cl2N2O4S2/c1-32-21-11-15(7-10-20(21)33-14-23(30)28-16-5-3-2-4-6-16)12-22-24(31)29(25(34)35-22)17-8-9-18(26)19(27)13-17/h2-13H,14H2,1H3,(H,28,30)/b22-12-. The number of hydrogen-bond donors (Lipinski definition) is 1. The van der Waals surface area contributed by atoms with Crippen molar-refractivity contribution >= 4 is 80.8 Å². The lowest BCUT2D eigenvalue weighted by molar-refractivity contribution is -0.118. The first-order chi connectivity index (χ1) is 16.9. The molecule has 2 amide bonds. The van der Waals surface area contributed by atoms with Crippen molar-refractivity contribution in [3.8, 4) is 11.5 Å². The smallest absolute Gasteiger partial charge is 0.270 e. The monoisotopic (exact) mass is 544 g/mol. The Bertz CT molecular complexity index is 1330. The Hall–Kier alpha value is -3.04. The SMILES string of the molecule is COc1cc(/C=C2\SC(=S)N(c3ccc(Cl)c(Cl)c3)C2=O)ccc1OCC(=O)Nc1ccccc1. The van der Waals surface area contributed by atoms with Crippen molar-refractivity contribution in [2.24, 2.45) is 0 Å². The number of carbonyl (C=O) groups excluding carboxylic acids is 2. The molecule has 3 aromatic carbocycles. The van der Waals surface area contributed by atoms with Crippen molar-refractivity contribution in [2.45, 2.75) is 0 Å². The van der Waals surface area contributed by atoms with Gasteiger partial charge in [0.2, 0.25) is 0 Å². The van der Waals surface area contributed by atoms with Gasteiger partial charge in [0.25, 0.3) is 11.8 Å². The van der Waals surface area contributed by atoms with Gasteiger partial charge in [-0.2, -0.15) is 0 Å². The van der Waals surface area contributed by atoms with Crippen molar-refractivity contribution in [1.29, 1.82) is 0 Å². The second kappa shape index (κ2) is 11.1. The highest BCUT2D eigenvalue weighted by Gasteiger charge is 2.33. The number of methoxy groups -OCH3 is 1. The van der Waals surface area contributed by atoms with Crippen LogP contribution in [0.25, 0.3) is 6.08 Å². The number of nitrogens with one attached hydrogen (secondary N) is 1. The summed E-state index contributed by atoms with van der Waals surface area (Å²) in [6, 6.07) is 19.2. The molecule has 1 aliphatic heterocycles. The second-order valence-electron chi connectivity index (χ2n) is 7.23. The molecule has 4 rings (SSSR count). The van der Waals surface area contributed by atoms with Crippen LogP contribution in [0, 0.1) is 0 Å². The molecule has 0 aliphatic carbocycles. The number of anilines is 2. The molecule has 1 aliphatic rings. The lowest BCUT2D eigenvalue weighted by Gasteiger charge is -2.15. The van der Waals surface area contributed by atoms with Gasteiger partial charge in [-0.25, -0.2) is 0 Å². The van der Waals surface area contributed by atoms with Crippen LogP contribution in [0.4, 0.5) is 11.4 Å². The Labute approximate surface area is 221 Å². The lowest BCUT2D eigenvalue weighted by atomic mass is 10.2. The summed E-state index contributed by atoms with van der Waals surface area (Å²) in [5.41, 5.74) is 1.93. The average molecular weight is 545 g/mol. The number of ether oxygens (including phenoxy) is 2. The topological polar surface area (TPSA) is 67.9 Å². The number of thioether (sulfide) groups is 1. The highest BCUT2D eigenvalue weighted by molar-refractivity contribution is 8.27. The summed E-state index contributed by atoms with van der Waals surface area (Å²) in [6.07, 6.45) is 1.71. The van der Waals surface area contributed by atoms with Gasteiger partial charge in [0.05, 0.1) is 27.7 Å². The molecule has 3 aromatic rings. The summed E-state index contributed by atoms with van der Waals surface area (Å²) in [6.45, 7) is -0.188. The van der Waals surface area contributed by atoms with Gasteiger partial charge in [0.1, 0.15) is 0 Å². The van der Waals surface area contributed by atoms with Gasteiger partial charge in [-0.3, -0.25) is 14.5 Å². The third kappa shape index (κ3) is 5.97. The molecular formula is C25H18Cl2N2O4S2. The Morgan fingerprint density at radius 1 is 1.06 bits per heavy atom. The number of halogens is 2. The zero-order chi connectivity index (χ0) is 24.9. The summed E-state index contributed by atoms with van der Waals surface area (Å²) >= 11 is 18.7. The number of benzene rings is 3. The van der Waals surface area contributed by atoms with E-state index in [1.54, 1.807) is 54.6 Å². The van der Waals surface area contributed by atoms with E-state index in [0.29, 0.717) is 47.7 Å². The van der Waals surface area contributed by atoms with Crippen LogP contribution in [0.1, 0.15) is 5.56 Å². The fourth-order valence-electron chi connectivity index (χ4n) is 3.22. The van der Waals surface area contributed by atoms with Crippen LogP contribution in [0.2, 0.25) is 10.0 Å². The molecule has 0 atom stereocenters. The van der Waals surface area contributed by atoms with E-state index in [2.05, 4.69) is 5.32 Å². The van der Waals surface area contributed by atoms with Crippen LogP contribution < -0.4 is 19.7 Å². The minimum Gasteiger partial charge on any atom is -0.493 e. The van der Waals surface area contributed by atoms with E-state index >= 15 is 0 Å². The summed E-state index contributed by atoms with van der Waals surface area (Å²) in [5, 5.41) is 3.48. The quantitative estimate of drug-likeness (QED) is 0.273. The first-order valence-corrected chi connectivity index (χ1v) is 12.2. The third-order valence-corrected chi connectivity index (χ3v) is 6.90. The molecule has 1 heterocycles. The van der Waals surface area contributed by atoms with E-state index in [-0.39, 0.29) is 18.4 Å². The predicted molar refractivity (Wildman–Crippen MR) is 146 cm³/mol. The summed E-state index contributed by atoms with van der Waals surface area (Å²) < 4.78 is 11.4. The van der Waals surface area contributed by atoms with E-state index in [1.165, 1.54) is 23.8 Å². The van der Waals surface area contributed by atoms with Gasteiger partial charge >= 0.3 is 0 Å². The number of hydrogen-bond acceptors (Lipinski definition) is 6. The van der Waals surface area contributed by atoms with Crippen LogP contribution in [0.3, 0.4) is 0 Å². The van der Waals surface area contributed by atoms with Gasteiger partial charge in [-0.05, 0) is 54.1 Å². The number of rotatable bonds is 7. The molecule has 0 unspecified atom stereocenters. The maximum atomic E-state index is 13.0. The van der Waals surface area contributed by atoms with Crippen LogP contribution >= 0.6 is 47.2 Å². The number of para-hydroxylation sites is 1. The molecule has 1 fully saturated rings. The third-order valence-electron chi connectivity index (χ3n) is 4.86. The zero-order valence-electron chi connectivity index (χ0n) is 18.3. The van der Waals surface area contributed by atoms with Crippen molar-refractivity contribution in [3.05, 3.63) is 87.2 Å². The Morgan fingerprint density at radius 2 is 1.83 bits per heavy atom. The fraction of sp³-hybridized carbons (Fsp3) is 0.0800. The molecule has 0 bridgehead atoms. The largest absolute Gasteiger partial charge is 0.493 e. The summed E-state index contributed by atoms with van der Waals surface area (Å²) in [7, 11) is 1.50. The Kier molecular flexibility index (Phi) is 7.97. The van der Waals surface area contributed by atoms with Gasteiger partial charge in [-0.1, -0.05) is 71.4 Å². The molecule has 178 valence electrons. The molecular weight excluding hydrogens is 527 g/mol. The molecule has 1 saturated heterocycles. The molecule has 10 heteroatoms. The van der Waals surface area contributed by atoms with E-state index in [0.717, 1.165) is 0 Å². The minimum absolute atomic E-state index is 0.188. The second-order valence-corrected chi connectivity index (χ2v) is 9.72. The number of carbonyl (C=O) groups is 2. The van der Waals surface area contributed by atoms with E-state index in [1.807, 2.05) is 18.2 Å². The van der Waals surface area contributed by atoms with E-state index < -0.39 is 0 Å². The van der Waals surface area contributed by atoms with Crippen molar-refractivity contribution in [3.63, 3.8) is 0 Å². The molecule has 0 aromatic heterocycles. The highest BCUT2D eigenvalue weighted by Crippen LogP contribution is 2.38. The summed E-state index contributed by atoms with van der Waals surface area (Å²) in [4.78, 5) is 27.1. The maximum Gasteiger partial charge on any atom is 0.270 e. The number of amides is 2. The van der Waals surface area contributed by atoms with E-state index in [9.17, 15) is 9.59 Å².